The van der Waals surface area contributed by atoms with E-state index in [2.05, 4.69) is 25.9 Å². The topological polar surface area (TPSA) is 91.4 Å². The second kappa shape index (κ2) is 10.7. The molecule has 4 rings (SSSR count). The molecule has 1 aliphatic rings. The average Bonchev–Trinajstić information content (AvgIpc) is 3.34. The molecule has 1 aromatic heterocycles. The van der Waals surface area contributed by atoms with Gasteiger partial charge in [-0.2, -0.15) is 18.2 Å². The van der Waals surface area contributed by atoms with E-state index in [0.29, 0.717) is 30.8 Å². The number of hydroxylamine groups is 1. The third-order valence-electron chi connectivity index (χ3n) is 5.44. The molecule has 1 saturated heterocycles. The number of alkyl halides is 3. The van der Waals surface area contributed by atoms with E-state index in [1.54, 1.807) is 31.3 Å². The molecule has 35 heavy (non-hydrogen) atoms. The van der Waals surface area contributed by atoms with Crippen LogP contribution in [-0.4, -0.2) is 42.6 Å². The van der Waals surface area contributed by atoms with Crippen LogP contribution in [0, 0.1) is 0 Å². The predicted octanol–water partition coefficient (Wildman–Crippen LogP) is 4.07. The fourth-order valence-corrected chi connectivity index (χ4v) is 3.69. The van der Waals surface area contributed by atoms with Crippen LogP contribution in [0.2, 0.25) is 0 Å². The molecular weight excluding hydrogens is 461 g/mol. The number of halogens is 3. The number of nitrogens with one attached hydrogen (secondary N) is 3. The Balaban J connectivity index is 1.57. The molecule has 3 aromatic rings. The first-order valence-corrected chi connectivity index (χ1v) is 11.1. The maximum atomic E-state index is 13.8. The number of aromatic nitrogens is 2. The lowest BCUT2D eigenvalue weighted by Crippen LogP contribution is -2.30. The van der Waals surface area contributed by atoms with Gasteiger partial charge in [0, 0.05) is 37.0 Å². The monoisotopic (exact) mass is 486 g/mol. The van der Waals surface area contributed by atoms with Crippen molar-refractivity contribution in [3.05, 3.63) is 77.5 Å². The van der Waals surface area contributed by atoms with E-state index in [4.69, 9.17) is 4.84 Å². The number of amides is 1. The smallest absolute Gasteiger partial charge is 0.351 e. The molecule has 1 fully saturated rings. The summed E-state index contributed by atoms with van der Waals surface area (Å²) >= 11 is 0. The standard InChI is InChI=1S/C24H25F3N6O2/c1-28-12-13-29-22(34)17-7-9-18(10-8-17)31-23-30-15-19(24(25,26)27)21(32-23)33-20(11-14-35-33)16-5-3-2-4-6-16/h2-10,15,20,28H,11-14H2,1H3,(H,29,34)(H,30,31,32). The van der Waals surface area contributed by atoms with E-state index in [0.717, 1.165) is 11.8 Å². The predicted molar refractivity (Wildman–Crippen MR) is 125 cm³/mol. The largest absolute Gasteiger partial charge is 0.421 e. The second-order valence-corrected chi connectivity index (χ2v) is 7.86. The second-order valence-electron chi connectivity index (χ2n) is 7.86. The Hall–Kier alpha value is -3.70. The zero-order valence-electron chi connectivity index (χ0n) is 19.0. The van der Waals surface area contributed by atoms with Crippen molar-refractivity contribution in [2.45, 2.75) is 18.6 Å². The zero-order valence-corrected chi connectivity index (χ0v) is 19.0. The highest BCUT2D eigenvalue weighted by Gasteiger charge is 2.40. The third kappa shape index (κ3) is 5.87. The average molecular weight is 486 g/mol. The van der Waals surface area contributed by atoms with E-state index >= 15 is 0 Å². The SMILES string of the molecule is CNCCNC(=O)c1ccc(Nc2ncc(C(F)(F)F)c(N3OCCC3c3ccccc3)n2)cc1. The van der Waals surface area contributed by atoms with E-state index < -0.39 is 17.8 Å². The molecule has 2 heterocycles. The van der Waals surface area contributed by atoms with Gasteiger partial charge in [-0.15, -0.1) is 0 Å². The van der Waals surface area contributed by atoms with E-state index in [1.807, 2.05) is 30.3 Å². The Kier molecular flexibility index (Phi) is 7.47. The van der Waals surface area contributed by atoms with Gasteiger partial charge in [0.05, 0.1) is 12.6 Å². The lowest BCUT2D eigenvalue weighted by Gasteiger charge is -2.26. The summed E-state index contributed by atoms with van der Waals surface area (Å²) in [7, 11) is 1.79. The molecular formula is C24H25F3N6O2. The Morgan fingerprint density at radius 1 is 1.11 bits per heavy atom. The number of carbonyl (C=O) groups excluding carboxylic acids is 1. The first-order chi connectivity index (χ1) is 16.9. The highest BCUT2D eigenvalue weighted by molar-refractivity contribution is 5.94. The molecule has 1 amide bonds. The van der Waals surface area contributed by atoms with Gasteiger partial charge in [0.1, 0.15) is 5.56 Å². The van der Waals surface area contributed by atoms with Gasteiger partial charge in [-0.05, 0) is 36.9 Å². The minimum atomic E-state index is -4.66. The minimum absolute atomic E-state index is 0.0264. The maximum Gasteiger partial charge on any atom is 0.421 e. The van der Waals surface area contributed by atoms with Gasteiger partial charge in [0.15, 0.2) is 5.82 Å². The number of carbonyl (C=O) groups is 1. The number of anilines is 3. The van der Waals surface area contributed by atoms with Gasteiger partial charge in [-0.1, -0.05) is 30.3 Å². The summed E-state index contributed by atoms with van der Waals surface area (Å²) in [5.41, 5.74) is 0.815. The lowest BCUT2D eigenvalue weighted by atomic mass is 10.0. The van der Waals surface area contributed by atoms with Crippen molar-refractivity contribution < 1.29 is 22.8 Å². The summed E-state index contributed by atoms with van der Waals surface area (Å²) < 4.78 is 41.4. The molecule has 184 valence electrons. The molecule has 2 aromatic carbocycles. The highest BCUT2D eigenvalue weighted by atomic mass is 19.4. The Labute approximate surface area is 200 Å². The van der Waals surface area contributed by atoms with E-state index in [-0.39, 0.29) is 24.3 Å². The summed E-state index contributed by atoms with van der Waals surface area (Å²) in [5.74, 6) is -0.610. The molecule has 1 atom stereocenters. The summed E-state index contributed by atoms with van der Waals surface area (Å²) in [6, 6.07) is 15.2. The number of hydrogen-bond donors (Lipinski definition) is 3. The Morgan fingerprint density at radius 3 is 2.54 bits per heavy atom. The Bertz CT molecular complexity index is 1140. The van der Waals surface area contributed by atoms with Crippen LogP contribution in [0.4, 0.5) is 30.6 Å². The minimum Gasteiger partial charge on any atom is -0.351 e. The van der Waals surface area contributed by atoms with Gasteiger partial charge >= 0.3 is 6.18 Å². The molecule has 0 aliphatic carbocycles. The van der Waals surface area contributed by atoms with Crippen molar-refractivity contribution in [3.63, 3.8) is 0 Å². The molecule has 1 unspecified atom stereocenters. The molecule has 11 heteroatoms. The van der Waals surface area contributed by atoms with Gasteiger partial charge in [0.2, 0.25) is 5.95 Å². The summed E-state index contributed by atoms with van der Waals surface area (Å²) in [6.45, 7) is 1.40. The van der Waals surface area contributed by atoms with Crippen LogP contribution in [0.25, 0.3) is 0 Å². The molecule has 0 spiro atoms. The number of hydrogen-bond acceptors (Lipinski definition) is 7. The van der Waals surface area contributed by atoms with Gasteiger partial charge in [0.25, 0.3) is 5.91 Å². The van der Waals surface area contributed by atoms with Crippen LogP contribution in [0.1, 0.15) is 33.9 Å². The quantitative estimate of drug-likeness (QED) is 0.414. The van der Waals surface area contributed by atoms with E-state index in [9.17, 15) is 18.0 Å². The molecule has 1 aliphatic heterocycles. The van der Waals surface area contributed by atoms with Crippen molar-refractivity contribution >= 4 is 23.4 Å². The summed E-state index contributed by atoms with van der Waals surface area (Å²) in [6.07, 6.45) is -3.40. The fourth-order valence-electron chi connectivity index (χ4n) is 3.69. The molecule has 3 N–H and O–H groups in total. The molecule has 8 nitrogen and oxygen atoms in total. The van der Waals surface area contributed by atoms with Crippen molar-refractivity contribution in [1.82, 2.24) is 20.6 Å². The van der Waals surface area contributed by atoms with Gasteiger partial charge in [-0.3, -0.25) is 9.63 Å². The van der Waals surface area contributed by atoms with Gasteiger partial charge < -0.3 is 16.0 Å². The van der Waals surface area contributed by atoms with Gasteiger partial charge in [-0.25, -0.2) is 10.0 Å². The van der Waals surface area contributed by atoms with E-state index in [1.165, 1.54) is 5.06 Å². The number of nitrogens with zero attached hydrogens (tertiary/aromatic N) is 3. The van der Waals surface area contributed by atoms with Crippen molar-refractivity contribution in [3.8, 4) is 0 Å². The van der Waals surface area contributed by atoms with Crippen LogP contribution >= 0.6 is 0 Å². The lowest BCUT2D eigenvalue weighted by molar-refractivity contribution is -0.138. The molecule has 0 saturated carbocycles. The van der Waals surface area contributed by atoms with Crippen molar-refractivity contribution in [2.24, 2.45) is 0 Å². The number of rotatable bonds is 8. The number of benzene rings is 2. The van der Waals surface area contributed by atoms with Crippen molar-refractivity contribution in [1.29, 1.82) is 0 Å². The first kappa shape index (κ1) is 24.4. The van der Waals surface area contributed by atoms with Crippen LogP contribution in [-0.2, 0) is 11.0 Å². The third-order valence-corrected chi connectivity index (χ3v) is 5.44. The summed E-state index contributed by atoms with van der Waals surface area (Å²) in [4.78, 5) is 25.8. The molecule has 0 radical (unpaired) electrons. The van der Waals surface area contributed by atoms with Crippen molar-refractivity contribution in [2.75, 3.05) is 37.1 Å². The Morgan fingerprint density at radius 2 is 1.86 bits per heavy atom. The van der Waals surface area contributed by atoms with Crippen LogP contribution in [0.15, 0.2) is 60.8 Å². The number of likely N-dealkylation sites (N-methyl/N-ethyl adjacent to an activating group) is 1. The highest BCUT2D eigenvalue weighted by Crippen LogP contribution is 2.41. The van der Waals surface area contributed by atoms with Crippen LogP contribution in [0.3, 0.4) is 0 Å². The first-order valence-electron chi connectivity index (χ1n) is 11.1. The summed E-state index contributed by atoms with van der Waals surface area (Å²) in [5, 5.41) is 9.83. The zero-order chi connectivity index (χ0) is 24.8. The normalized spacial score (nSPS) is 15.8. The maximum absolute atomic E-state index is 13.8. The van der Waals surface area contributed by atoms with Crippen LogP contribution in [0.5, 0.6) is 0 Å². The fraction of sp³-hybridized carbons (Fsp3) is 0.292. The molecule has 0 bridgehead atoms. The van der Waals surface area contributed by atoms with Crippen LogP contribution < -0.4 is 21.0 Å².